The number of rotatable bonds is 14. The normalized spacial score (nSPS) is 14.6. The summed E-state index contributed by atoms with van der Waals surface area (Å²) in [5.41, 5.74) is 15.6. The smallest absolute Gasteiger partial charge is 0.271 e. The van der Waals surface area contributed by atoms with Crippen molar-refractivity contribution in [1.82, 2.24) is 50.9 Å². The van der Waals surface area contributed by atoms with Gasteiger partial charge in [0.25, 0.3) is 5.91 Å². The minimum absolute atomic E-state index is 0.0568. The van der Waals surface area contributed by atoms with Crippen LogP contribution in [0.15, 0.2) is 91.6 Å². The molecule has 2 N–H and O–H groups in total. The molecule has 1 atom stereocenters. The summed E-state index contributed by atoms with van der Waals surface area (Å²) >= 11 is 0. The van der Waals surface area contributed by atoms with Crippen LogP contribution in [0.1, 0.15) is 101 Å². The number of carbonyl (C=O) groups excluding carboxylic acids is 1. The Morgan fingerprint density at radius 3 is 1.62 bits per heavy atom. The molecule has 2 saturated heterocycles. The van der Waals surface area contributed by atoms with E-state index < -0.39 is 0 Å². The number of carbonyl (C=O) groups is 1. The van der Waals surface area contributed by atoms with E-state index in [2.05, 4.69) is 60.0 Å². The summed E-state index contributed by atoms with van der Waals surface area (Å²) in [6.45, 7) is 21.6. The van der Waals surface area contributed by atoms with Crippen LogP contribution < -0.4 is 11.0 Å². The fraction of sp³-hybridized carbons (Fsp3) is 0.480. The quantitative estimate of drug-likeness (QED) is 0.0817. The fourth-order valence-corrected chi connectivity index (χ4v) is 6.01. The third kappa shape index (κ3) is 24.1. The van der Waals surface area contributed by atoms with Gasteiger partial charge in [0.2, 0.25) is 0 Å². The molecular weight excluding hydrogens is 821 g/mol. The lowest BCUT2D eigenvalue weighted by Gasteiger charge is -2.25. The van der Waals surface area contributed by atoms with Crippen LogP contribution >= 0.6 is 0 Å². The second-order valence-electron chi connectivity index (χ2n) is 16.3. The Hall–Kier alpha value is -5.10. The Bertz CT molecular complexity index is 1960. The van der Waals surface area contributed by atoms with Crippen molar-refractivity contribution in [1.29, 1.82) is 0 Å². The van der Waals surface area contributed by atoms with Gasteiger partial charge in [-0.3, -0.25) is 49.1 Å². The van der Waals surface area contributed by atoms with Crippen LogP contribution in [-0.2, 0) is 45.8 Å². The van der Waals surface area contributed by atoms with Gasteiger partial charge in [0.05, 0.1) is 22.8 Å². The first-order chi connectivity index (χ1) is 31.3. The van der Waals surface area contributed by atoms with Gasteiger partial charge in [-0.25, -0.2) is 11.0 Å². The molecule has 15 heteroatoms. The lowest BCUT2D eigenvalue weighted by molar-refractivity contribution is -0.179. The summed E-state index contributed by atoms with van der Waals surface area (Å²) < 4.78 is 0. The highest BCUT2D eigenvalue weighted by molar-refractivity contribution is 5.92. The zero-order valence-corrected chi connectivity index (χ0v) is 40.5. The lowest BCUT2D eigenvalue weighted by atomic mass is 10.2. The third-order valence-electron chi connectivity index (χ3n) is 9.75. The van der Waals surface area contributed by atoms with E-state index in [-0.39, 0.29) is 5.91 Å². The number of amides is 1. The molecule has 0 aliphatic carbocycles. The molecule has 65 heavy (non-hydrogen) atoms. The Morgan fingerprint density at radius 1 is 0.631 bits per heavy atom. The molecule has 1 unspecified atom stereocenters. The number of aryl methyl sites for hydroxylation is 5. The number of pyridine rings is 5. The van der Waals surface area contributed by atoms with Gasteiger partial charge < -0.3 is 4.90 Å². The molecule has 0 spiro atoms. The van der Waals surface area contributed by atoms with Gasteiger partial charge in [0, 0.05) is 84.9 Å². The second-order valence-corrected chi connectivity index (χ2v) is 16.3. The zero-order valence-electron chi connectivity index (χ0n) is 40.5. The molecule has 2 aliphatic rings. The van der Waals surface area contributed by atoms with E-state index in [4.69, 9.17) is 19.4 Å². The second kappa shape index (κ2) is 31.7. The molecule has 0 radical (unpaired) electrons. The van der Waals surface area contributed by atoms with Crippen LogP contribution in [0.2, 0.25) is 0 Å². The molecule has 0 saturated carbocycles. The summed E-state index contributed by atoms with van der Waals surface area (Å²) in [6.07, 6.45) is 14.1. The minimum atomic E-state index is -0.0568. The Balaban J connectivity index is 0.000000217. The average Bonchev–Trinajstić information content (AvgIpc) is 3.74. The molecule has 15 nitrogen and oxygen atoms in total. The largest absolute Gasteiger partial charge is 0.343 e. The molecule has 1 amide bonds. The molecule has 2 aliphatic heterocycles. The highest BCUT2D eigenvalue weighted by Crippen LogP contribution is 2.16. The minimum Gasteiger partial charge on any atom is -0.343 e. The van der Waals surface area contributed by atoms with E-state index >= 15 is 0 Å². The van der Waals surface area contributed by atoms with E-state index in [1.54, 1.807) is 39.6 Å². The van der Waals surface area contributed by atoms with Gasteiger partial charge in [-0.05, 0) is 130 Å². The lowest BCUT2D eigenvalue weighted by Crippen LogP contribution is -2.29. The summed E-state index contributed by atoms with van der Waals surface area (Å²) in [6, 6.07) is 19.8. The molecule has 5 aromatic heterocycles. The predicted octanol–water partition coefficient (Wildman–Crippen LogP) is 8.03. The van der Waals surface area contributed by atoms with Crippen molar-refractivity contribution in [2.45, 2.75) is 101 Å². The van der Waals surface area contributed by atoms with Crippen LogP contribution in [0, 0.1) is 40.5 Å². The van der Waals surface area contributed by atoms with Gasteiger partial charge >= 0.3 is 0 Å². The molecule has 0 bridgehead atoms. The van der Waals surface area contributed by atoms with Crippen LogP contribution in [0.3, 0.4) is 0 Å². The van der Waals surface area contributed by atoms with Crippen LogP contribution in [0.5, 0.6) is 0 Å². The molecule has 354 valence electrons. The third-order valence-corrected chi connectivity index (χ3v) is 9.75. The number of aromatic nitrogens is 5. The highest BCUT2D eigenvalue weighted by atomic mass is 16.7. The van der Waals surface area contributed by atoms with Crippen molar-refractivity contribution in [2.24, 2.45) is 5.92 Å². The maximum absolute atomic E-state index is 11.4. The van der Waals surface area contributed by atoms with Crippen molar-refractivity contribution in [3.05, 3.63) is 148 Å². The topological polar surface area (TPSA) is 152 Å². The number of hydrogen-bond donors (Lipinski definition) is 2. The number of nitrogens with one attached hydrogen (secondary N) is 2. The standard InChI is InChI=1S/2C12H18N2O.C9H12N2O.C9H14N2O.C8H12N2O/c1-10-3-4-12(13-7-10)9-15-14-6-5-11(2)8-14;1-11-5-6-12(13-9-11)10-15-14-7-3-2-4-8-14;1-7-4-5-10-8(6-7)9(12)11(2)3;1-3-11-12-7-9-5-4-8(2)6-10-9;1-7-3-4-10-8(5-7)6-11-9-2/h3-4,7,11H,5-6,8-9H2,1-2H3;5-6,9H,2-4,7-8,10H2,1H3;4-6H,1-3H3;4-6,11H,3,7H2,1-2H3;3-5,9H,6H2,1-2H3. The van der Waals surface area contributed by atoms with Crippen molar-refractivity contribution in [3.63, 3.8) is 0 Å². The van der Waals surface area contributed by atoms with Crippen molar-refractivity contribution >= 4 is 5.91 Å². The van der Waals surface area contributed by atoms with Crippen LogP contribution in [0.4, 0.5) is 0 Å². The molecule has 0 aromatic carbocycles. The number of nitrogens with zero attached hydrogens (tertiary/aromatic N) is 8. The molecule has 7 heterocycles. The van der Waals surface area contributed by atoms with Gasteiger partial charge in [0.15, 0.2) is 0 Å². The Morgan fingerprint density at radius 2 is 1.15 bits per heavy atom. The van der Waals surface area contributed by atoms with E-state index in [9.17, 15) is 4.79 Å². The SMILES string of the molecule is CCNOCc1ccc(C)cn1.CNOCc1cc(C)ccn1.Cc1ccc(CON2CCC(C)C2)nc1.Cc1ccc(CON2CCCCC2)nc1.Cc1ccnc(C(=O)N(C)C)c1. The summed E-state index contributed by atoms with van der Waals surface area (Å²) in [5.74, 6) is 0.703. The first-order valence-electron chi connectivity index (χ1n) is 22.5. The van der Waals surface area contributed by atoms with Crippen molar-refractivity contribution in [2.75, 3.05) is 53.9 Å². The van der Waals surface area contributed by atoms with Gasteiger partial charge in [-0.15, -0.1) is 0 Å². The van der Waals surface area contributed by atoms with E-state index in [1.807, 2.05) is 108 Å². The van der Waals surface area contributed by atoms with Gasteiger partial charge in [-0.2, -0.15) is 10.1 Å². The Labute approximate surface area is 388 Å². The summed E-state index contributed by atoms with van der Waals surface area (Å²) in [5, 5.41) is 4.11. The van der Waals surface area contributed by atoms with Gasteiger partial charge in [-0.1, -0.05) is 38.5 Å². The zero-order chi connectivity index (χ0) is 47.2. The highest BCUT2D eigenvalue weighted by Gasteiger charge is 2.19. The number of hydroxylamine groups is 6. The summed E-state index contributed by atoms with van der Waals surface area (Å²) in [4.78, 5) is 55.2. The van der Waals surface area contributed by atoms with Crippen molar-refractivity contribution in [3.8, 4) is 0 Å². The van der Waals surface area contributed by atoms with E-state index in [0.717, 1.165) is 67.0 Å². The number of hydrogen-bond acceptors (Lipinski definition) is 14. The van der Waals surface area contributed by atoms with Crippen molar-refractivity contribution < 1.29 is 24.1 Å². The molecule has 5 aromatic rings. The molecule has 2 fully saturated rings. The number of piperidine rings is 1. The first-order valence-corrected chi connectivity index (χ1v) is 22.5. The average molecular weight is 895 g/mol. The maximum atomic E-state index is 11.4. The fourth-order valence-electron chi connectivity index (χ4n) is 6.01. The van der Waals surface area contributed by atoms with Crippen LogP contribution in [0.25, 0.3) is 0 Å². The summed E-state index contributed by atoms with van der Waals surface area (Å²) in [7, 11) is 5.16. The predicted molar refractivity (Wildman–Crippen MR) is 256 cm³/mol. The van der Waals surface area contributed by atoms with E-state index in [1.165, 1.54) is 52.8 Å². The Kier molecular flexibility index (Phi) is 26.5. The molecular formula is C50H74N10O5. The molecule has 7 rings (SSSR count). The maximum Gasteiger partial charge on any atom is 0.271 e. The van der Waals surface area contributed by atoms with Gasteiger partial charge in [0.1, 0.15) is 32.1 Å². The first kappa shape index (κ1) is 54.2. The monoisotopic (exact) mass is 895 g/mol. The van der Waals surface area contributed by atoms with Crippen LogP contribution in [-0.4, -0.2) is 99.7 Å². The van der Waals surface area contributed by atoms with E-state index in [0.29, 0.717) is 32.1 Å².